The van der Waals surface area contributed by atoms with E-state index in [0.29, 0.717) is 12.8 Å². The van der Waals surface area contributed by atoms with Crippen molar-refractivity contribution in [3.8, 4) is 0 Å². The highest BCUT2D eigenvalue weighted by Gasteiger charge is 2.27. The van der Waals surface area contributed by atoms with Crippen molar-refractivity contribution in [2.75, 3.05) is 26.4 Å². The highest BCUT2D eigenvalue weighted by molar-refractivity contribution is 7.47. The smallest absolute Gasteiger partial charge is 0.462 e. The van der Waals surface area contributed by atoms with Gasteiger partial charge in [0.1, 0.15) is 12.7 Å². The molecule has 3 unspecified atom stereocenters. The molecule has 0 aliphatic rings. The number of phosphoric acid groups is 1. The second kappa shape index (κ2) is 39.9. The molecule has 0 saturated heterocycles. The van der Waals surface area contributed by atoms with Crippen LogP contribution < -0.4 is 0 Å². The van der Waals surface area contributed by atoms with Gasteiger partial charge < -0.3 is 24.6 Å². The van der Waals surface area contributed by atoms with Crippen LogP contribution in [0.25, 0.3) is 0 Å². The molecule has 11 heteroatoms. The standard InChI is InChI=1S/C44H77O10P/c1-3-5-7-9-11-13-15-17-19-20-22-24-26-28-30-32-34-36-44(48)54-42(40-53-55(49,50)52-38-41(46)37-45)39-51-43(47)35-33-31-29-27-25-23-21-18-16-14-12-10-8-6-4-2/h13,15,19-20,24,26,29-32,41-42,45-46H,3-12,14,16-18,21-23,25,27-28,33-40H2,1-2H3,(H,49,50)/b15-13-,20-19-,26-24-,31-29-,32-30-. The Morgan fingerprint density at radius 2 is 0.945 bits per heavy atom. The molecule has 55 heavy (non-hydrogen) atoms. The van der Waals surface area contributed by atoms with Gasteiger partial charge in [-0.2, -0.15) is 0 Å². The fourth-order valence-corrected chi connectivity index (χ4v) is 6.16. The van der Waals surface area contributed by atoms with Gasteiger partial charge >= 0.3 is 19.8 Å². The second-order valence-corrected chi connectivity index (χ2v) is 15.5. The van der Waals surface area contributed by atoms with E-state index in [1.165, 1.54) is 89.9 Å². The molecule has 0 aromatic heterocycles. The van der Waals surface area contributed by atoms with Gasteiger partial charge in [-0.1, -0.05) is 158 Å². The van der Waals surface area contributed by atoms with Crippen LogP contribution in [0.15, 0.2) is 60.8 Å². The van der Waals surface area contributed by atoms with Crippen molar-refractivity contribution in [1.29, 1.82) is 0 Å². The summed E-state index contributed by atoms with van der Waals surface area (Å²) in [6, 6.07) is 0. The number of unbranched alkanes of at least 4 members (excludes halogenated alkanes) is 15. The SMILES string of the molecule is CCCCCC/C=C\C/C=C\C/C=C\C/C=C\CCC(=O)OC(COC(=O)CC/C=C\CCCCCCCCCCCCC)COP(=O)(O)OCC(O)CO. The monoisotopic (exact) mass is 797 g/mol. The van der Waals surface area contributed by atoms with Gasteiger partial charge in [0, 0.05) is 12.8 Å². The molecule has 0 bridgehead atoms. The van der Waals surface area contributed by atoms with Crippen molar-refractivity contribution < 1.29 is 47.8 Å². The number of carbonyl (C=O) groups is 2. The van der Waals surface area contributed by atoms with Crippen molar-refractivity contribution in [3.05, 3.63) is 60.8 Å². The Morgan fingerprint density at radius 3 is 1.47 bits per heavy atom. The molecule has 3 atom stereocenters. The zero-order valence-corrected chi connectivity index (χ0v) is 35.3. The summed E-state index contributed by atoms with van der Waals surface area (Å²) >= 11 is 0. The molecule has 318 valence electrons. The van der Waals surface area contributed by atoms with E-state index in [-0.39, 0.29) is 19.4 Å². The molecule has 0 amide bonds. The van der Waals surface area contributed by atoms with Crippen LogP contribution in [-0.2, 0) is 32.7 Å². The van der Waals surface area contributed by atoms with E-state index in [4.69, 9.17) is 19.1 Å². The van der Waals surface area contributed by atoms with E-state index in [1.807, 2.05) is 18.2 Å². The van der Waals surface area contributed by atoms with Gasteiger partial charge in [0.2, 0.25) is 0 Å². The summed E-state index contributed by atoms with van der Waals surface area (Å²) in [4.78, 5) is 34.9. The predicted molar refractivity (Wildman–Crippen MR) is 224 cm³/mol. The third-order valence-corrected chi connectivity index (χ3v) is 9.62. The Labute approximate surface area is 334 Å². The topological polar surface area (TPSA) is 149 Å². The number of aliphatic hydroxyl groups is 2. The Balaban J connectivity index is 4.48. The quantitative estimate of drug-likeness (QED) is 0.0237. The van der Waals surface area contributed by atoms with E-state index < -0.39 is 51.8 Å². The molecule has 0 heterocycles. The second-order valence-electron chi connectivity index (χ2n) is 14.0. The van der Waals surface area contributed by atoms with Crippen molar-refractivity contribution in [2.24, 2.45) is 0 Å². The average molecular weight is 797 g/mol. The summed E-state index contributed by atoms with van der Waals surface area (Å²) in [5.74, 6) is -1.08. The molecule has 0 fully saturated rings. The van der Waals surface area contributed by atoms with Crippen molar-refractivity contribution in [3.63, 3.8) is 0 Å². The van der Waals surface area contributed by atoms with E-state index in [9.17, 15) is 24.2 Å². The third kappa shape index (κ3) is 39.7. The van der Waals surface area contributed by atoms with Gasteiger partial charge in [-0.25, -0.2) is 4.57 Å². The Morgan fingerprint density at radius 1 is 0.545 bits per heavy atom. The fourth-order valence-electron chi connectivity index (χ4n) is 5.37. The minimum absolute atomic E-state index is 0.0550. The minimum Gasteiger partial charge on any atom is -0.462 e. The Bertz CT molecular complexity index is 1100. The molecule has 0 saturated carbocycles. The molecule has 0 spiro atoms. The summed E-state index contributed by atoms with van der Waals surface area (Å²) < 4.78 is 32.5. The van der Waals surface area contributed by atoms with Crippen molar-refractivity contribution in [2.45, 2.75) is 180 Å². The molecule has 0 aliphatic heterocycles. The van der Waals surface area contributed by atoms with Gasteiger partial charge in [-0.05, 0) is 57.8 Å². The van der Waals surface area contributed by atoms with Gasteiger partial charge in [0.15, 0.2) is 6.10 Å². The molecule has 0 aromatic carbocycles. The number of rotatable bonds is 39. The predicted octanol–water partition coefficient (Wildman–Crippen LogP) is 11.1. The number of ether oxygens (including phenoxy) is 2. The van der Waals surface area contributed by atoms with Gasteiger partial charge in [0.05, 0.1) is 19.8 Å². The number of aliphatic hydroxyl groups excluding tert-OH is 2. The molecule has 0 aliphatic carbocycles. The highest BCUT2D eigenvalue weighted by Crippen LogP contribution is 2.43. The number of allylic oxidation sites excluding steroid dienone is 10. The largest absolute Gasteiger partial charge is 0.472 e. The van der Waals surface area contributed by atoms with Crippen LogP contribution in [0.1, 0.15) is 168 Å². The number of esters is 2. The van der Waals surface area contributed by atoms with E-state index in [1.54, 1.807) is 0 Å². The zero-order valence-electron chi connectivity index (χ0n) is 34.4. The Hall–Kier alpha value is -2.33. The van der Waals surface area contributed by atoms with Crippen molar-refractivity contribution >= 4 is 19.8 Å². The molecular weight excluding hydrogens is 719 g/mol. The number of carbonyl (C=O) groups excluding carboxylic acids is 2. The molecular formula is C44H77O10P. The van der Waals surface area contributed by atoms with Gasteiger partial charge in [0.25, 0.3) is 0 Å². The summed E-state index contributed by atoms with van der Waals surface area (Å²) in [6.07, 6.45) is 43.6. The first-order chi connectivity index (χ1) is 26.7. The molecule has 0 rings (SSSR count). The van der Waals surface area contributed by atoms with E-state index >= 15 is 0 Å². The maximum absolute atomic E-state index is 12.6. The Kier molecular flexibility index (Phi) is 38.2. The first kappa shape index (κ1) is 52.7. The average Bonchev–Trinajstić information content (AvgIpc) is 3.17. The first-order valence-corrected chi connectivity index (χ1v) is 22.7. The maximum atomic E-state index is 12.6. The maximum Gasteiger partial charge on any atom is 0.472 e. The normalized spacial score (nSPS) is 14.5. The zero-order chi connectivity index (χ0) is 40.5. The summed E-state index contributed by atoms with van der Waals surface area (Å²) in [5.41, 5.74) is 0. The fraction of sp³-hybridized carbons (Fsp3) is 0.727. The number of hydrogen-bond donors (Lipinski definition) is 3. The summed E-state index contributed by atoms with van der Waals surface area (Å²) in [5, 5.41) is 18.3. The summed E-state index contributed by atoms with van der Waals surface area (Å²) in [6.45, 7) is 2.23. The van der Waals surface area contributed by atoms with Crippen LogP contribution >= 0.6 is 7.82 Å². The third-order valence-electron chi connectivity index (χ3n) is 8.67. The van der Waals surface area contributed by atoms with E-state index in [0.717, 1.165) is 38.5 Å². The lowest BCUT2D eigenvalue weighted by atomic mass is 10.1. The van der Waals surface area contributed by atoms with Gasteiger partial charge in [-0.3, -0.25) is 18.6 Å². The van der Waals surface area contributed by atoms with Crippen molar-refractivity contribution in [1.82, 2.24) is 0 Å². The first-order valence-electron chi connectivity index (χ1n) is 21.2. The van der Waals surface area contributed by atoms with Gasteiger partial charge in [-0.15, -0.1) is 0 Å². The van der Waals surface area contributed by atoms with Crippen LogP contribution in [0.3, 0.4) is 0 Å². The van der Waals surface area contributed by atoms with Crippen LogP contribution in [0.2, 0.25) is 0 Å². The van der Waals surface area contributed by atoms with Crippen LogP contribution in [0.5, 0.6) is 0 Å². The minimum atomic E-state index is -4.64. The van der Waals surface area contributed by atoms with Crippen LogP contribution in [0, 0.1) is 0 Å². The molecule has 0 radical (unpaired) electrons. The molecule has 10 nitrogen and oxygen atoms in total. The number of hydrogen-bond acceptors (Lipinski definition) is 9. The van der Waals surface area contributed by atoms with Crippen LogP contribution in [0.4, 0.5) is 0 Å². The highest BCUT2D eigenvalue weighted by atomic mass is 31.2. The van der Waals surface area contributed by atoms with Crippen LogP contribution in [-0.4, -0.2) is 65.7 Å². The molecule has 0 aromatic rings. The van der Waals surface area contributed by atoms with E-state index in [2.05, 4.69) is 60.9 Å². The number of phosphoric ester groups is 1. The lowest BCUT2D eigenvalue weighted by Crippen LogP contribution is -2.29. The molecule has 3 N–H and O–H groups in total. The lowest BCUT2D eigenvalue weighted by Gasteiger charge is -2.20. The summed E-state index contributed by atoms with van der Waals surface area (Å²) in [7, 11) is -4.64. The lowest BCUT2D eigenvalue weighted by molar-refractivity contribution is -0.161.